The molecule has 3 aromatic carbocycles. The Kier molecular flexibility index (Phi) is 5.15. The number of hydrogen-bond acceptors (Lipinski definition) is 3. The van der Waals surface area contributed by atoms with Crippen LogP contribution in [0.2, 0.25) is 0 Å². The van der Waals surface area contributed by atoms with Gasteiger partial charge in [-0.05, 0) is 42.0 Å². The maximum atomic E-state index is 12.5. The van der Waals surface area contributed by atoms with Crippen LogP contribution in [0.1, 0.15) is 15.9 Å². The van der Waals surface area contributed by atoms with Gasteiger partial charge in [-0.2, -0.15) is 5.10 Å². The molecule has 0 unspecified atom stereocenters. The van der Waals surface area contributed by atoms with E-state index >= 15 is 0 Å². The lowest BCUT2D eigenvalue weighted by Crippen LogP contribution is -2.11. The smallest absolute Gasteiger partial charge is 0.258 e. The van der Waals surface area contributed by atoms with Gasteiger partial charge in [-0.25, -0.2) is 0 Å². The highest BCUT2D eigenvalue weighted by atomic mass is 16.1. The highest BCUT2D eigenvalue weighted by Crippen LogP contribution is 2.19. The van der Waals surface area contributed by atoms with Crippen molar-refractivity contribution in [3.63, 3.8) is 0 Å². The number of rotatable bonds is 6. The normalized spacial score (nSPS) is 10.4. The molecule has 0 aliphatic carbocycles. The molecule has 0 bridgehead atoms. The summed E-state index contributed by atoms with van der Waals surface area (Å²) >= 11 is 0. The molecule has 4 rings (SSSR count). The topological polar surface area (TPSA) is 59.0 Å². The summed E-state index contributed by atoms with van der Waals surface area (Å²) in [5.41, 5.74) is 4.38. The minimum absolute atomic E-state index is 0.178. The first-order valence-electron chi connectivity index (χ1n) is 9.06. The van der Waals surface area contributed by atoms with Crippen LogP contribution in [0.3, 0.4) is 0 Å². The van der Waals surface area contributed by atoms with E-state index in [4.69, 9.17) is 0 Å². The highest BCUT2D eigenvalue weighted by molar-refractivity contribution is 6.04. The van der Waals surface area contributed by atoms with Crippen LogP contribution in [-0.4, -0.2) is 15.7 Å². The van der Waals surface area contributed by atoms with Gasteiger partial charge >= 0.3 is 0 Å². The van der Waals surface area contributed by atoms with E-state index in [-0.39, 0.29) is 5.91 Å². The molecule has 1 heterocycles. The van der Waals surface area contributed by atoms with Gasteiger partial charge in [0.15, 0.2) is 0 Å². The molecule has 2 N–H and O–H groups in total. The lowest BCUT2D eigenvalue weighted by molar-refractivity contribution is 0.102. The van der Waals surface area contributed by atoms with Gasteiger partial charge in [-0.1, -0.05) is 48.5 Å². The van der Waals surface area contributed by atoms with Crippen LogP contribution < -0.4 is 10.6 Å². The van der Waals surface area contributed by atoms with Crippen LogP contribution in [-0.2, 0) is 6.54 Å². The van der Waals surface area contributed by atoms with Crippen molar-refractivity contribution < 1.29 is 4.79 Å². The van der Waals surface area contributed by atoms with Gasteiger partial charge in [-0.15, -0.1) is 0 Å². The fourth-order valence-electron chi connectivity index (χ4n) is 2.87. The zero-order valence-electron chi connectivity index (χ0n) is 15.2. The third-order valence-electron chi connectivity index (χ3n) is 4.29. The molecule has 5 nitrogen and oxygen atoms in total. The lowest BCUT2D eigenvalue weighted by Gasteiger charge is -2.08. The predicted molar refractivity (Wildman–Crippen MR) is 112 cm³/mol. The number of aromatic nitrogens is 2. The Morgan fingerprint density at radius 2 is 1.39 bits per heavy atom. The van der Waals surface area contributed by atoms with E-state index in [1.165, 1.54) is 0 Å². The Labute approximate surface area is 163 Å². The molecule has 0 saturated heterocycles. The molecule has 4 aromatic rings. The molecule has 0 saturated carbocycles. The van der Waals surface area contributed by atoms with E-state index in [1.54, 1.807) is 17.1 Å². The summed E-state index contributed by atoms with van der Waals surface area (Å²) in [6, 6.07) is 27.6. The van der Waals surface area contributed by atoms with Crippen molar-refractivity contribution in [2.45, 2.75) is 6.54 Å². The first kappa shape index (κ1) is 17.5. The third kappa shape index (κ3) is 4.45. The van der Waals surface area contributed by atoms with Gasteiger partial charge in [0.05, 0.1) is 18.3 Å². The molecule has 0 aliphatic rings. The standard InChI is InChI=1S/C23H20N4O/c28-23(19-15-24-27(17-19)16-18-7-3-1-4-8-18)26-22-13-11-21(12-14-22)25-20-9-5-2-6-10-20/h1-15,17,25H,16H2,(H,26,28). The second-order valence-corrected chi connectivity index (χ2v) is 6.43. The van der Waals surface area contributed by atoms with Gasteiger partial charge in [0.25, 0.3) is 5.91 Å². The van der Waals surface area contributed by atoms with Gasteiger partial charge in [0.2, 0.25) is 0 Å². The second-order valence-electron chi connectivity index (χ2n) is 6.43. The summed E-state index contributed by atoms with van der Waals surface area (Å²) in [6.07, 6.45) is 3.34. The van der Waals surface area contributed by atoms with Crippen LogP contribution >= 0.6 is 0 Å². The highest BCUT2D eigenvalue weighted by Gasteiger charge is 2.09. The summed E-state index contributed by atoms with van der Waals surface area (Å²) in [5.74, 6) is -0.178. The van der Waals surface area contributed by atoms with Gasteiger partial charge in [-0.3, -0.25) is 9.48 Å². The van der Waals surface area contributed by atoms with Crippen LogP contribution in [0.25, 0.3) is 0 Å². The molecule has 1 amide bonds. The maximum absolute atomic E-state index is 12.5. The largest absolute Gasteiger partial charge is 0.356 e. The van der Waals surface area contributed by atoms with Crippen molar-refractivity contribution in [2.75, 3.05) is 10.6 Å². The van der Waals surface area contributed by atoms with Crippen molar-refractivity contribution in [2.24, 2.45) is 0 Å². The van der Waals surface area contributed by atoms with Crippen LogP contribution in [0.5, 0.6) is 0 Å². The van der Waals surface area contributed by atoms with Gasteiger partial charge in [0, 0.05) is 23.3 Å². The molecule has 0 aliphatic heterocycles. The van der Waals surface area contributed by atoms with E-state index in [9.17, 15) is 4.79 Å². The molecule has 0 fully saturated rings. The molecule has 138 valence electrons. The molecular formula is C23H20N4O. The van der Waals surface area contributed by atoms with E-state index in [0.717, 1.165) is 22.6 Å². The van der Waals surface area contributed by atoms with Crippen molar-refractivity contribution in [3.05, 3.63) is 108 Å². The van der Waals surface area contributed by atoms with Gasteiger partial charge in [0.1, 0.15) is 0 Å². The number of nitrogens with one attached hydrogen (secondary N) is 2. The number of carbonyl (C=O) groups is 1. The average molecular weight is 368 g/mol. The molecule has 1 aromatic heterocycles. The molecule has 28 heavy (non-hydrogen) atoms. The van der Waals surface area contributed by atoms with E-state index in [1.807, 2.05) is 84.9 Å². The van der Waals surface area contributed by atoms with Crippen LogP contribution in [0, 0.1) is 0 Å². The number of nitrogens with zero attached hydrogens (tertiary/aromatic N) is 2. The zero-order chi connectivity index (χ0) is 19.2. The average Bonchev–Trinajstić information content (AvgIpc) is 3.20. The Bertz CT molecular complexity index is 1040. The quantitative estimate of drug-likeness (QED) is 0.507. The fourth-order valence-corrected chi connectivity index (χ4v) is 2.87. The van der Waals surface area contributed by atoms with E-state index < -0.39 is 0 Å². The molecule has 0 spiro atoms. The third-order valence-corrected chi connectivity index (χ3v) is 4.29. The summed E-state index contributed by atoms with van der Waals surface area (Å²) in [7, 11) is 0. The minimum atomic E-state index is -0.178. The number of para-hydroxylation sites is 1. The fraction of sp³-hybridized carbons (Fsp3) is 0.0435. The second kappa shape index (κ2) is 8.22. The summed E-state index contributed by atoms with van der Waals surface area (Å²) in [4.78, 5) is 12.5. The number of carbonyl (C=O) groups excluding carboxylic acids is 1. The van der Waals surface area contributed by atoms with Crippen molar-refractivity contribution >= 4 is 23.0 Å². The van der Waals surface area contributed by atoms with E-state index in [2.05, 4.69) is 15.7 Å². The maximum Gasteiger partial charge on any atom is 0.258 e. The zero-order valence-corrected chi connectivity index (χ0v) is 15.2. The van der Waals surface area contributed by atoms with Crippen molar-refractivity contribution in [1.29, 1.82) is 0 Å². The summed E-state index contributed by atoms with van der Waals surface area (Å²) < 4.78 is 1.76. The summed E-state index contributed by atoms with van der Waals surface area (Å²) in [6.45, 7) is 0.633. The Hall–Kier alpha value is -3.86. The SMILES string of the molecule is O=C(Nc1ccc(Nc2ccccc2)cc1)c1cnn(Cc2ccccc2)c1. The van der Waals surface area contributed by atoms with Crippen LogP contribution in [0.15, 0.2) is 97.3 Å². The van der Waals surface area contributed by atoms with Crippen molar-refractivity contribution in [1.82, 2.24) is 9.78 Å². The molecule has 0 atom stereocenters. The first-order valence-corrected chi connectivity index (χ1v) is 9.06. The van der Waals surface area contributed by atoms with Crippen molar-refractivity contribution in [3.8, 4) is 0 Å². The number of hydrogen-bond donors (Lipinski definition) is 2. The summed E-state index contributed by atoms with van der Waals surface area (Å²) in [5, 5.41) is 10.5. The Morgan fingerprint density at radius 3 is 2.11 bits per heavy atom. The Balaban J connectivity index is 1.37. The predicted octanol–water partition coefficient (Wildman–Crippen LogP) is 4.93. The molecule has 0 radical (unpaired) electrons. The van der Waals surface area contributed by atoms with E-state index in [0.29, 0.717) is 12.1 Å². The number of anilines is 3. The number of benzene rings is 3. The molecule has 5 heteroatoms. The molecular weight excluding hydrogens is 348 g/mol. The van der Waals surface area contributed by atoms with Gasteiger partial charge < -0.3 is 10.6 Å². The Morgan fingerprint density at radius 1 is 0.786 bits per heavy atom. The lowest BCUT2D eigenvalue weighted by atomic mass is 10.2. The number of amides is 1. The minimum Gasteiger partial charge on any atom is -0.356 e. The monoisotopic (exact) mass is 368 g/mol. The first-order chi connectivity index (χ1) is 13.8. The van der Waals surface area contributed by atoms with Crippen LogP contribution in [0.4, 0.5) is 17.1 Å².